The number of halogens is 1. The van der Waals surface area contributed by atoms with E-state index in [1.165, 1.54) is 4.57 Å². The number of carbonyl (C=O) groups excluding carboxylic acids is 1. The van der Waals surface area contributed by atoms with Gasteiger partial charge in [0.2, 0.25) is 0 Å². The maximum atomic E-state index is 13.8. The van der Waals surface area contributed by atoms with Gasteiger partial charge >= 0.3 is 0 Å². The van der Waals surface area contributed by atoms with E-state index < -0.39 is 6.04 Å². The minimum absolute atomic E-state index is 0.206. The summed E-state index contributed by atoms with van der Waals surface area (Å²) in [5.74, 6) is 1.14. The molecule has 1 amide bonds. The van der Waals surface area contributed by atoms with Crippen molar-refractivity contribution >= 4 is 28.4 Å². The van der Waals surface area contributed by atoms with Gasteiger partial charge in [-0.1, -0.05) is 35.9 Å². The lowest BCUT2D eigenvalue weighted by Gasteiger charge is -2.30. The molecule has 0 saturated heterocycles. The molecule has 0 saturated carbocycles. The molecule has 0 aliphatic rings. The van der Waals surface area contributed by atoms with Crippen molar-refractivity contribution in [3.05, 3.63) is 94.0 Å². The van der Waals surface area contributed by atoms with Gasteiger partial charge in [-0.3, -0.25) is 14.2 Å². The second-order valence-corrected chi connectivity index (χ2v) is 8.73. The third-order valence-electron chi connectivity index (χ3n) is 6.00. The van der Waals surface area contributed by atoms with Crippen LogP contribution in [0.3, 0.4) is 0 Å². The van der Waals surface area contributed by atoms with Crippen LogP contribution in [0, 0.1) is 0 Å². The molecule has 9 heteroatoms. The Balaban J connectivity index is 1.78. The molecule has 0 N–H and O–H groups in total. The first-order valence-electron chi connectivity index (χ1n) is 11.8. The molecule has 0 bridgehead atoms. The van der Waals surface area contributed by atoms with Crippen molar-refractivity contribution in [3.63, 3.8) is 0 Å². The fourth-order valence-corrected chi connectivity index (χ4v) is 4.23. The van der Waals surface area contributed by atoms with Gasteiger partial charge < -0.3 is 19.1 Å². The van der Waals surface area contributed by atoms with Gasteiger partial charge in [-0.05, 0) is 55.5 Å². The minimum Gasteiger partial charge on any atom is -0.495 e. The zero-order chi connectivity index (χ0) is 26.4. The number of amides is 1. The van der Waals surface area contributed by atoms with Crippen molar-refractivity contribution < 1.29 is 19.0 Å². The maximum Gasteiger partial charge on any atom is 0.266 e. The summed E-state index contributed by atoms with van der Waals surface area (Å²) in [5.41, 5.74) is 0.817. The van der Waals surface area contributed by atoms with E-state index in [-0.39, 0.29) is 24.6 Å². The van der Waals surface area contributed by atoms with Gasteiger partial charge in [0.05, 0.1) is 36.3 Å². The first-order chi connectivity index (χ1) is 17.9. The summed E-state index contributed by atoms with van der Waals surface area (Å²) in [5, 5.41) is 1.04. The summed E-state index contributed by atoms with van der Waals surface area (Å²) >= 11 is 5.94. The number of hydrogen-bond donors (Lipinski definition) is 0. The van der Waals surface area contributed by atoms with Gasteiger partial charge in [-0.2, -0.15) is 0 Å². The Labute approximate surface area is 220 Å². The molecule has 1 unspecified atom stereocenters. The molecule has 0 aliphatic heterocycles. The number of ether oxygens (including phenoxy) is 3. The average Bonchev–Trinajstić information content (AvgIpc) is 2.92. The number of methoxy groups -OCH3 is 2. The van der Waals surface area contributed by atoms with Gasteiger partial charge in [-0.15, -0.1) is 0 Å². The van der Waals surface area contributed by atoms with E-state index in [0.29, 0.717) is 45.5 Å². The summed E-state index contributed by atoms with van der Waals surface area (Å²) in [7, 11) is 3.11. The molecule has 4 aromatic rings. The third-order valence-corrected chi connectivity index (χ3v) is 6.25. The summed E-state index contributed by atoms with van der Waals surface area (Å²) in [4.78, 5) is 33.6. The number of rotatable bonds is 10. The van der Waals surface area contributed by atoms with Crippen LogP contribution in [0.2, 0.25) is 5.02 Å². The normalized spacial score (nSPS) is 11.8. The van der Waals surface area contributed by atoms with Crippen molar-refractivity contribution in [3.8, 4) is 17.2 Å². The third kappa shape index (κ3) is 5.76. The van der Waals surface area contributed by atoms with Crippen LogP contribution in [0.4, 0.5) is 0 Å². The van der Waals surface area contributed by atoms with Crippen molar-refractivity contribution in [1.82, 2.24) is 14.5 Å². The molecule has 0 aliphatic carbocycles. The molecular weight excluding hydrogens is 494 g/mol. The molecule has 1 heterocycles. The largest absolute Gasteiger partial charge is 0.495 e. The Morgan fingerprint density at radius 3 is 2.46 bits per heavy atom. The van der Waals surface area contributed by atoms with Crippen molar-refractivity contribution in [2.75, 3.05) is 34.0 Å². The van der Waals surface area contributed by atoms with Crippen LogP contribution < -0.4 is 15.0 Å². The molecule has 0 fully saturated rings. The van der Waals surface area contributed by atoms with Gasteiger partial charge in [-0.25, -0.2) is 4.98 Å². The number of para-hydroxylation sites is 3. The lowest BCUT2D eigenvalue weighted by Crippen LogP contribution is -2.41. The number of fused-ring (bicyclic) bond motifs is 1. The monoisotopic (exact) mass is 521 g/mol. The molecule has 3 aromatic carbocycles. The second kappa shape index (κ2) is 11.9. The van der Waals surface area contributed by atoms with Gasteiger partial charge in [0.15, 0.2) is 6.61 Å². The topological polar surface area (TPSA) is 82.9 Å². The van der Waals surface area contributed by atoms with Crippen LogP contribution in [0.15, 0.2) is 77.6 Å². The lowest BCUT2D eigenvalue weighted by atomic mass is 10.1. The van der Waals surface area contributed by atoms with Crippen LogP contribution in [-0.4, -0.2) is 54.3 Å². The molecule has 4 rings (SSSR count). The predicted molar refractivity (Wildman–Crippen MR) is 143 cm³/mol. The minimum atomic E-state index is -0.598. The average molecular weight is 522 g/mol. The van der Waals surface area contributed by atoms with E-state index in [1.54, 1.807) is 73.7 Å². The van der Waals surface area contributed by atoms with Crippen LogP contribution >= 0.6 is 11.6 Å². The Morgan fingerprint density at radius 2 is 1.73 bits per heavy atom. The predicted octanol–water partition coefficient (Wildman–Crippen LogP) is 4.66. The first kappa shape index (κ1) is 26.2. The highest BCUT2D eigenvalue weighted by Crippen LogP contribution is 2.27. The van der Waals surface area contributed by atoms with E-state index in [2.05, 4.69) is 0 Å². The smallest absolute Gasteiger partial charge is 0.266 e. The number of aromatic nitrogens is 2. The zero-order valence-electron chi connectivity index (χ0n) is 20.9. The lowest BCUT2D eigenvalue weighted by molar-refractivity contribution is -0.136. The Morgan fingerprint density at radius 1 is 1.03 bits per heavy atom. The first-order valence-corrected chi connectivity index (χ1v) is 12.1. The summed E-state index contributed by atoms with van der Waals surface area (Å²) in [6.45, 7) is 2.19. The zero-order valence-corrected chi connectivity index (χ0v) is 21.6. The molecular formula is C28H28ClN3O5. The molecule has 1 atom stereocenters. The van der Waals surface area contributed by atoms with Crippen LogP contribution in [0.5, 0.6) is 11.5 Å². The van der Waals surface area contributed by atoms with E-state index in [1.807, 2.05) is 25.1 Å². The summed E-state index contributed by atoms with van der Waals surface area (Å²) in [6, 6.07) is 20.5. The second-order valence-electron chi connectivity index (χ2n) is 8.30. The Kier molecular flexibility index (Phi) is 8.43. The quantitative estimate of drug-likeness (QED) is 0.302. The molecule has 0 spiro atoms. The molecule has 192 valence electrons. The fraction of sp³-hybridized carbons (Fsp3) is 0.250. The van der Waals surface area contributed by atoms with Crippen molar-refractivity contribution in [1.29, 1.82) is 0 Å². The van der Waals surface area contributed by atoms with Crippen molar-refractivity contribution in [2.24, 2.45) is 0 Å². The molecule has 37 heavy (non-hydrogen) atoms. The van der Waals surface area contributed by atoms with Crippen LogP contribution in [0.1, 0.15) is 18.8 Å². The molecule has 0 radical (unpaired) electrons. The number of nitrogens with zero attached hydrogens (tertiary/aromatic N) is 3. The summed E-state index contributed by atoms with van der Waals surface area (Å²) < 4.78 is 18.1. The molecule has 8 nitrogen and oxygen atoms in total. The number of carbonyl (C=O) groups is 1. The number of benzene rings is 3. The van der Waals surface area contributed by atoms with Gasteiger partial charge in [0, 0.05) is 18.7 Å². The van der Waals surface area contributed by atoms with Crippen molar-refractivity contribution in [2.45, 2.75) is 13.0 Å². The Hall–Kier alpha value is -3.88. The standard InChI is InChI=1S/C28H28ClN3O5/c1-19(31(16-17-35-2)26(33)18-37-21-14-12-20(29)13-15-21)27-30-23-9-5-4-8-22(23)28(34)32(27)24-10-6-7-11-25(24)36-3/h4-15,19H,16-18H2,1-3H3. The van der Waals surface area contributed by atoms with E-state index in [4.69, 9.17) is 30.8 Å². The van der Waals surface area contributed by atoms with Crippen LogP contribution in [0.25, 0.3) is 16.6 Å². The highest BCUT2D eigenvalue weighted by molar-refractivity contribution is 6.30. The summed E-state index contributed by atoms with van der Waals surface area (Å²) in [6.07, 6.45) is 0. The van der Waals surface area contributed by atoms with E-state index in [9.17, 15) is 9.59 Å². The van der Waals surface area contributed by atoms with E-state index >= 15 is 0 Å². The van der Waals surface area contributed by atoms with Gasteiger partial charge in [0.1, 0.15) is 17.3 Å². The maximum absolute atomic E-state index is 13.8. The highest BCUT2D eigenvalue weighted by atomic mass is 35.5. The van der Waals surface area contributed by atoms with Gasteiger partial charge in [0.25, 0.3) is 11.5 Å². The Bertz CT molecular complexity index is 1440. The number of hydrogen-bond acceptors (Lipinski definition) is 6. The molecule has 1 aromatic heterocycles. The van der Waals surface area contributed by atoms with E-state index in [0.717, 1.165) is 0 Å². The van der Waals surface area contributed by atoms with Crippen LogP contribution in [-0.2, 0) is 9.53 Å². The highest BCUT2D eigenvalue weighted by Gasteiger charge is 2.28. The SMILES string of the molecule is COCCN(C(=O)COc1ccc(Cl)cc1)C(C)c1nc2ccccc2c(=O)n1-c1ccccc1OC. The fourth-order valence-electron chi connectivity index (χ4n) is 4.10.